The zero-order chi connectivity index (χ0) is 5.98. The normalized spacial score (nSPS) is 25.1. The first-order chi connectivity index (χ1) is 3.80. The molecule has 0 amide bonds. The number of hydrogen-bond donors (Lipinski definition) is 2. The van der Waals surface area contributed by atoms with Gasteiger partial charge >= 0.3 is 5.97 Å². The second-order valence-electron chi connectivity index (χ2n) is 1.99. The van der Waals surface area contributed by atoms with Crippen LogP contribution in [0.1, 0.15) is 12.8 Å². The minimum absolute atomic E-state index is 0. The molecule has 3 nitrogen and oxygen atoms in total. The number of hydrogen-bond acceptors (Lipinski definition) is 2. The summed E-state index contributed by atoms with van der Waals surface area (Å²) >= 11 is 0. The van der Waals surface area contributed by atoms with Crippen molar-refractivity contribution in [1.29, 1.82) is 0 Å². The summed E-state index contributed by atoms with van der Waals surface area (Å²) in [5, 5.41) is 11.2. The quantitative estimate of drug-likeness (QED) is 0.531. The van der Waals surface area contributed by atoms with Crippen LogP contribution in [0.25, 0.3) is 0 Å². The minimum Gasteiger partial charge on any atom is -0.480 e. The van der Waals surface area contributed by atoms with Gasteiger partial charge in [0, 0.05) is 0 Å². The lowest BCUT2D eigenvalue weighted by molar-refractivity contribution is -0.139. The van der Waals surface area contributed by atoms with Crippen LogP contribution < -0.4 is 5.32 Å². The van der Waals surface area contributed by atoms with Crippen LogP contribution >= 0.6 is 0 Å². The molecule has 1 rings (SSSR count). The minimum atomic E-state index is -0.720. The fourth-order valence-electron chi connectivity index (χ4n) is 0.895. The van der Waals surface area contributed by atoms with Gasteiger partial charge < -0.3 is 10.4 Å². The maximum Gasteiger partial charge on any atom is 0.320 e. The van der Waals surface area contributed by atoms with Crippen LogP contribution in [-0.4, -0.2) is 23.7 Å². The van der Waals surface area contributed by atoms with Crippen molar-refractivity contribution in [1.82, 2.24) is 5.32 Å². The Morgan fingerprint density at radius 2 is 2.33 bits per heavy atom. The molecular formula is C5H10FNO2. The van der Waals surface area contributed by atoms with Crippen LogP contribution in [0.2, 0.25) is 0 Å². The van der Waals surface area contributed by atoms with Gasteiger partial charge in [0.2, 0.25) is 0 Å². The predicted octanol–water partition coefficient (Wildman–Crippen LogP) is -0.0245. The molecule has 1 aliphatic rings. The van der Waals surface area contributed by atoms with Gasteiger partial charge in [-0.3, -0.25) is 9.50 Å². The number of halogens is 1. The predicted molar refractivity (Wildman–Crippen MR) is 31.2 cm³/mol. The van der Waals surface area contributed by atoms with Crippen molar-refractivity contribution in [2.45, 2.75) is 18.9 Å². The Hall–Kier alpha value is -0.640. The molecule has 0 unspecified atom stereocenters. The topological polar surface area (TPSA) is 49.3 Å². The van der Waals surface area contributed by atoms with E-state index in [2.05, 4.69) is 5.32 Å². The molecule has 0 aliphatic carbocycles. The molecule has 0 aromatic rings. The van der Waals surface area contributed by atoms with Crippen molar-refractivity contribution in [3.05, 3.63) is 0 Å². The number of carbonyl (C=O) groups is 1. The van der Waals surface area contributed by atoms with Crippen LogP contribution in [-0.2, 0) is 4.79 Å². The summed E-state index contributed by atoms with van der Waals surface area (Å²) in [6.45, 7) is 0.858. The van der Waals surface area contributed by atoms with Gasteiger partial charge in [-0.1, -0.05) is 0 Å². The Kier molecular flexibility index (Phi) is 3.16. The van der Waals surface area contributed by atoms with E-state index >= 15 is 0 Å². The molecule has 1 saturated heterocycles. The van der Waals surface area contributed by atoms with Crippen molar-refractivity contribution in [2.24, 2.45) is 0 Å². The van der Waals surface area contributed by atoms with E-state index in [0.717, 1.165) is 19.4 Å². The first kappa shape index (κ1) is 8.36. The number of carboxylic acid groups (broad SMARTS) is 1. The molecule has 0 saturated carbocycles. The van der Waals surface area contributed by atoms with E-state index in [9.17, 15) is 4.79 Å². The summed E-state index contributed by atoms with van der Waals surface area (Å²) in [5.41, 5.74) is 0. The zero-order valence-electron chi connectivity index (χ0n) is 4.96. The Balaban J connectivity index is 0.000000640. The Morgan fingerprint density at radius 3 is 2.56 bits per heavy atom. The maximum absolute atomic E-state index is 10.1. The summed E-state index contributed by atoms with van der Waals surface area (Å²) in [7, 11) is 0. The number of nitrogens with one attached hydrogen (secondary N) is 1. The average molecular weight is 135 g/mol. The zero-order valence-corrected chi connectivity index (χ0v) is 4.96. The third kappa shape index (κ3) is 1.97. The van der Waals surface area contributed by atoms with Crippen LogP contribution in [0, 0.1) is 0 Å². The van der Waals surface area contributed by atoms with Crippen LogP contribution in [0.5, 0.6) is 0 Å². The Bertz CT molecular complexity index is 101. The van der Waals surface area contributed by atoms with E-state index in [4.69, 9.17) is 5.11 Å². The Labute approximate surface area is 52.4 Å². The molecule has 9 heavy (non-hydrogen) atoms. The summed E-state index contributed by atoms with van der Waals surface area (Å²) in [4.78, 5) is 10.1. The molecule has 1 aliphatic heterocycles. The van der Waals surface area contributed by atoms with Gasteiger partial charge in [0.1, 0.15) is 6.04 Å². The second kappa shape index (κ2) is 3.40. The largest absolute Gasteiger partial charge is 0.480 e. The smallest absolute Gasteiger partial charge is 0.320 e. The maximum atomic E-state index is 10.1. The first-order valence-electron chi connectivity index (χ1n) is 2.77. The molecule has 1 atom stereocenters. The van der Waals surface area contributed by atoms with Gasteiger partial charge in [-0.15, -0.1) is 0 Å². The van der Waals surface area contributed by atoms with Crippen molar-refractivity contribution < 1.29 is 14.6 Å². The first-order valence-corrected chi connectivity index (χ1v) is 2.77. The van der Waals surface area contributed by atoms with Crippen molar-refractivity contribution in [3.8, 4) is 0 Å². The monoisotopic (exact) mass is 135 g/mol. The lowest BCUT2D eigenvalue weighted by atomic mass is 10.2. The standard InChI is InChI=1S/C5H9NO2.FH/c7-5(8)4-2-1-3-6-4;/h4,6H,1-3H2,(H,7,8);1H/t4-;/m0./s1. The highest BCUT2D eigenvalue weighted by Gasteiger charge is 2.20. The van der Waals surface area contributed by atoms with Gasteiger partial charge in [0.25, 0.3) is 0 Å². The molecule has 0 radical (unpaired) electrons. The van der Waals surface area contributed by atoms with Crippen LogP contribution in [0.4, 0.5) is 4.70 Å². The van der Waals surface area contributed by atoms with E-state index in [0.29, 0.717) is 0 Å². The highest BCUT2D eigenvalue weighted by Crippen LogP contribution is 2.03. The van der Waals surface area contributed by atoms with Gasteiger partial charge in [-0.2, -0.15) is 0 Å². The number of aliphatic carboxylic acids is 1. The molecule has 54 valence electrons. The van der Waals surface area contributed by atoms with Crippen molar-refractivity contribution >= 4 is 5.97 Å². The molecule has 0 spiro atoms. The molecule has 1 heterocycles. The lowest BCUT2D eigenvalue weighted by Gasteiger charge is -1.99. The van der Waals surface area contributed by atoms with E-state index in [-0.39, 0.29) is 10.7 Å². The fraction of sp³-hybridized carbons (Fsp3) is 0.800. The highest BCUT2D eigenvalue weighted by atomic mass is 19.0. The van der Waals surface area contributed by atoms with E-state index in [1.165, 1.54) is 0 Å². The van der Waals surface area contributed by atoms with E-state index < -0.39 is 5.97 Å². The van der Waals surface area contributed by atoms with Gasteiger partial charge in [-0.05, 0) is 19.4 Å². The molecule has 0 bridgehead atoms. The van der Waals surface area contributed by atoms with Crippen LogP contribution in [0.15, 0.2) is 0 Å². The Morgan fingerprint density at radius 1 is 1.67 bits per heavy atom. The van der Waals surface area contributed by atoms with Gasteiger partial charge in [0.05, 0.1) is 0 Å². The number of carboxylic acids is 1. The third-order valence-corrected chi connectivity index (χ3v) is 1.36. The fourth-order valence-corrected chi connectivity index (χ4v) is 0.895. The summed E-state index contributed by atoms with van der Waals surface area (Å²) in [6.07, 6.45) is 1.78. The summed E-state index contributed by atoms with van der Waals surface area (Å²) in [5.74, 6) is -0.720. The van der Waals surface area contributed by atoms with Gasteiger partial charge in [0.15, 0.2) is 0 Å². The second-order valence-corrected chi connectivity index (χ2v) is 1.99. The summed E-state index contributed by atoms with van der Waals surface area (Å²) < 4.78 is 0. The molecular weight excluding hydrogens is 125 g/mol. The van der Waals surface area contributed by atoms with E-state index in [1.807, 2.05) is 0 Å². The molecule has 4 heteroatoms. The van der Waals surface area contributed by atoms with Gasteiger partial charge in [-0.25, -0.2) is 0 Å². The molecule has 1 fully saturated rings. The highest BCUT2D eigenvalue weighted by molar-refractivity contribution is 5.73. The molecule has 0 aromatic heterocycles. The van der Waals surface area contributed by atoms with Crippen molar-refractivity contribution in [3.63, 3.8) is 0 Å². The third-order valence-electron chi connectivity index (χ3n) is 1.36. The van der Waals surface area contributed by atoms with Crippen LogP contribution in [0.3, 0.4) is 0 Å². The summed E-state index contributed by atoms with van der Waals surface area (Å²) in [6, 6.07) is -0.269. The average Bonchev–Trinajstić information content (AvgIpc) is 2.12. The SMILES string of the molecule is F.O=C(O)[C@@H]1CCCN1. The van der Waals surface area contributed by atoms with Crippen molar-refractivity contribution in [2.75, 3.05) is 6.54 Å². The lowest BCUT2D eigenvalue weighted by Crippen LogP contribution is -2.29. The van der Waals surface area contributed by atoms with E-state index in [1.54, 1.807) is 0 Å². The number of rotatable bonds is 1. The molecule has 0 aromatic carbocycles. The molecule has 2 N–H and O–H groups in total.